The Morgan fingerprint density at radius 3 is 2.34 bits per heavy atom. The third kappa shape index (κ3) is 3.64. The smallest absolute Gasteiger partial charge is 0.312 e. The zero-order chi connectivity index (χ0) is 20.5. The van der Waals surface area contributed by atoms with Gasteiger partial charge >= 0.3 is 17.8 Å². The molecule has 1 N–H and O–H groups in total. The average molecular weight is 409 g/mol. The zero-order valence-electron chi connectivity index (χ0n) is 16.2. The van der Waals surface area contributed by atoms with Crippen molar-refractivity contribution in [2.24, 2.45) is 0 Å². The summed E-state index contributed by atoms with van der Waals surface area (Å²) in [7, 11) is 1.89. The Bertz CT molecular complexity index is 1050. The van der Waals surface area contributed by atoms with Gasteiger partial charge in [-0.2, -0.15) is 0 Å². The van der Waals surface area contributed by atoms with Crippen molar-refractivity contribution < 1.29 is 19.3 Å². The van der Waals surface area contributed by atoms with E-state index in [1.807, 2.05) is 68.6 Å². The van der Waals surface area contributed by atoms with Crippen LogP contribution in [-0.2, 0) is 16.1 Å². The number of benzene rings is 2. The van der Waals surface area contributed by atoms with Crippen LogP contribution < -0.4 is 4.90 Å². The number of imide groups is 2. The summed E-state index contributed by atoms with van der Waals surface area (Å²) in [5.74, 6) is -1.55. The first kappa shape index (κ1) is 19.2. The fourth-order valence-corrected chi connectivity index (χ4v) is 4.38. The van der Waals surface area contributed by atoms with E-state index in [1.54, 1.807) is 11.3 Å². The van der Waals surface area contributed by atoms with Gasteiger partial charge in [0.25, 0.3) is 0 Å². The van der Waals surface area contributed by atoms with Crippen LogP contribution in [-0.4, -0.2) is 46.3 Å². The minimum atomic E-state index is -0.778. The van der Waals surface area contributed by atoms with Gasteiger partial charge in [-0.05, 0) is 24.6 Å². The number of para-hydroxylation sites is 1. The largest absolute Gasteiger partial charge is 0.339 e. The van der Waals surface area contributed by atoms with Crippen molar-refractivity contribution >= 4 is 39.4 Å². The van der Waals surface area contributed by atoms with Gasteiger partial charge in [0.1, 0.15) is 6.04 Å². The fraction of sp³-hybridized carbons (Fsp3) is 0.238. The lowest BCUT2D eigenvalue weighted by Crippen LogP contribution is -3.10. The lowest BCUT2D eigenvalue weighted by molar-refractivity contribution is -0.917. The average Bonchev–Trinajstić information content (AvgIpc) is 3.25. The zero-order valence-corrected chi connectivity index (χ0v) is 17.0. The van der Waals surface area contributed by atoms with Crippen LogP contribution >= 0.6 is 11.3 Å². The molecule has 148 valence electrons. The SMILES string of the molecule is C[C@H](c1nc2ccccc2s1)[NH+](C)CN1C(=O)C(=O)N(Cc2ccccc2)C1=O. The van der Waals surface area contributed by atoms with Crippen molar-refractivity contribution in [1.29, 1.82) is 0 Å². The summed E-state index contributed by atoms with van der Waals surface area (Å²) in [4.78, 5) is 45.2. The molecule has 29 heavy (non-hydrogen) atoms. The normalized spacial score (nSPS) is 16.7. The van der Waals surface area contributed by atoms with E-state index in [4.69, 9.17) is 0 Å². The molecule has 1 saturated heterocycles. The van der Waals surface area contributed by atoms with Crippen LogP contribution in [0.2, 0.25) is 0 Å². The highest BCUT2D eigenvalue weighted by Crippen LogP contribution is 2.25. The Morgan fingerprint density at radius 1 is 0.966 bits per heavy atom. The van der Waals surface area contributed by atoms with Gasteiger partial charge in [-0.15, -0.1) is 11.3 Å². The quantitative estimate of drug-likeness (QED) is 0.498. The first-order valence-electron chi connectivity index (χ1n) is 9.34. The molecule has 0 radical (unpaired) electrons. The van der Waals surface area contributed by atoms with Gasteiger partial charge in [-0.1, -0.05) is 42.5 Å². The number of amides is 4. The molecule has 3 aromatic rings. The second-order valence-electron chi connectivity index (χ2n) is 7.14. The van der Waals surface area contributed by atoms with E-state index in [0.29, 0.717) is 0 Å². The van der Waals surface area contributed by atoms with E-state index in [0.717, 1.165) is 35.5 Å². The van der Waals surface area contributed by atoms with E-state index >= 15 is 0 Å². The van der Waals surface area contributed by atoms with Gasteiger partial charge in [0.2, 0.25) is 0 Å². The van der Waals surface area contributed by atoms with E-state index in [1.165, 1.54) is 0 Å². The maximum atomic E-state index is 12.8. The van der Waals surface area contributed by atoms with Crippen molar-refractivity contribution in [1.82, 2.24) is 14.8 Å². The van der Waals surface area contributed by atoms with Crippen molar-refractivity contribution in [2.75, 3.05) is 13.7 Å². The summed E-state index contributed by atoms with van der Waals surface area (Å²) >= 11 is 1.60. The third-order valence-corrected chi connectivity index (χ3v) is 6.37. The monoisotopic (exact) mass is 409 g/mol. The second-order valence-corrected chi connectivity index (χ2v) is 8.20. The Hall–Kier alpha value is -3.10. The lowest BCUT2D eigenvalue weighted by atomic mass is 10.2. The first-order chi connectivity index (χ1) is 14.0. The topological polar surface area (TPSA) is 75.0 Å². The van der Waals surface area contributed by atoms with E-state index in [9.17, 15) is 14.4 Å². The molecule has 0 saturated carbocycles. The van der Waals surface area contributed by atoms with E-state index in [2.05, 4.69) is 4.98 Å². The van der Waals surface area contributed by atoms with Gasteiger partial charge in [0.05, 0.1) is 23.8 Å². The van der Waals surface area contributed by atoms with Crippen LogP contribution in [0.4, 0.5) is 4.79 Å². The molecule has 2 heterocycles. The molecule has 8 heteroatoms. The lowest BCUT2D eigenvalue weighted by Gasteiger charge is -2.23. The summed E-state index contributed by atoms with van der Waals surface area (Å²) in [6, 6.07) is 16.5. The number of carbonyl (C=O) groups is 3. The summed E-state index contributed by atoms with van der Waals surface area (Å²) in [5, 5.41) is 0.926. The number of hydrogen-bond acceptors (Lipinski definition) is 5. The number of nitrogens with one attached hydrogen (secondary N) is 1. The maximum Gasteiger partial charge on any atom is 0.339 e. The summed E-state index contributed by atoms with van der Waals surface area (Å²) in [6.07, 6.45) is 0. The maximum absolute atomic E-state index is 12.8. The van der Waals surface area contributed by atoms with Gasteiger partial charge in [0.15, 0.2) is 11.7 Å². The Balaban J connectivity index is 1.48. The number of thiazole rings is 1. The minimum absolute atomic E-state index is 0.0359. The van der Waals surface area contributed by atoms with Crippen molar-refractivity contribution in [3.63, 3.8) is 0 Å². The minimum Gasteiger partial charge on any atom is -0.312 e. The van der Waals surface area contributed by atoms with Crippen LogP contribution in [0.1, 0.15) is 23.5 Å². The molecular formula is C21H21N4O3S+. The van der Waals surface area contributed by atoms with E-state index in [-0.39, 0.29) is 19.3 Å². The molecule has 1 aliphatic rings. The molecule has 1 fully saturated rings. The van der Waals surface area contributed by atoms with Gasteiger partial charge in [0, 0.05) is 0 Å². The second kappa shape index (κ2) is 7.73. The Kier molecular flexibility index (Phi) is 5.12. The Labute approximate surface area is 172 Å². The molecule has 4 amide bonds. The summed E-state index contributed by atoms with van der Waals surface area (Å²) in [5.41, 5.74) is 1.73. The third-order valence-electron chi connectivity index (χ3n) is 5.15. The molecule has 0 bridgehead atoms. The molecule has 0 spiro atoms. The summed E-state index contributed by atoms with van der Waals surface area (Å²) < 4.78 is 1.10. The molecule has 0 aliphatic carbocycles. The number of nitrogens with zero attached hydrogens (tertiary/aromatic N) is 3. The Morgan fingerprint density at radius 2 is 1.62 bits per heavy atom. The van der Waals surface area contributed by atoms with Crippen LogP contribution in [0.5, 0.6) is 0 Å². The van der Waals surface area contributed by atoms with Crippen molar-refractivity contribution in [3.05, 3.63) is 65.2 Å². The molecule has 7 nitrogen and oxygen atoms in total. The van der Waals surface area contributed by atoms with Crippen LogP contribution in [0.25, 0.3) is 10.2 Å². The number of rotatable bonds is 6. The predicted octanol–water partition coefficient (Wildman–Crippen LogP) is 1.82. The van der Waals surface area contributed by atoms with Gasteiger partial charge in [-0.3, -0.25) is 14.5 Å². The van der Waals surface area contributed by atoms with Gasteiger partial charge in [-0.25, -0.2) is 14.7 Å². The summed E-state index contributed by atoms with van der Waals surface area (Å²) in [6.45, 7) is 2.20. The van der Waals surface area contributed by atoms with Crippen molar-refractivity contribution in [3.8, 4) is 0 Å². The highest BCUT2D eigenvalue weighted by Gasteiger charge is 2.46. The molecule has 2 aromatic carbocycles. The van der Waals surface area contributed by atoms with Crippen LogP contribution in [0.3, 0.4) is 0 Å². The predicted molar refractivity (Wildman–Crippen MR) is 109 cm³/mol. The van der Waals surface area contributed by atoms with Crippen molar-refractivity contribution in [2.45, 2.75) is 19.5 Å². The molecular weight excluding hydrogens is 388 g/mol. The molecule has 2 atom stereocenters. The highest BCUT2D eigenvalue weighted by molar-refractivity contribution is 7.18. The molecule has 1 unspecified atom stereocenters. The molecule has 1 aromatic heterocycles. The fourth-order valence-electron chi connectivity index (χ4n) is 3.27. The number of fused-ring (bicyclic) bond motifs is 1. The number of hydrogen-bond donors (Lipinski definition) is 1. The van der Waals surface area contributed by atoms with Gasteiger partial charge < -0.3 is 4.90 Å². The number of quaternary nitrogens is 1. The number of carbonyl (C=O) groups excluding carboxylic acids is 3. The van der Waals surface area contributed by atoms with Crippen LogP contribution in [0, 0.1) is 0 Å². The number of urea groups is 1. The molecule has 4 rings (SSSR count). The van der Waals surface area contributed by atoms with E-state index < -0.39 is 17.8 Å². The number of aromatic nitrogens is 1. The van der Waals surface area contributed by atoms with Crippen LogP contribution in [0.15, 0.2) is 54.6 Å². The standard InChI is InChI=1S/C21H20N4O3S/c1-14(18-22-16-10-6-7-11-17(16)29-18)23(2)13-25-20(27)19(26)24(21(25)28)12-15-8-4-3-5-9-15/h3-11,14H,12-13H2,1-2H3/p+1/t14-/m1/s1. The first-order valence-corrected chi connectivity index (χ1v) is 10.2. The highest BCUT2D eigenvalue weighted by atomic mass is 32.1. The molecule has 1 aliphatic heterocycles.